The first kappa shape index (κ1) is 20.5. The summed E-state index contributed by atoms with van der Waals surface area (Å²) in [5.74, 6) is -0.743. The highest BCUT2D eigenvalue weighted by Gasteiger charge is 2.31. The molecule has 0 aliphatic rings. The Hall–Kier alpha value is -2.78. The summed E-state index contributed by atoms with van der Waals surface area (Å²) in [5.41, 5.74) is 1.74. The number of benzene rings is 1. The Morgan fingerprint density at radius 3 is 2.70 bits per heavy atom. The van der Waals surface area contributed by atoms with E-state index in [0.29, 0.717) is 17.9 Å². The van der Waals surface area contributed by atoms with Crippen molar-refractivity contribution in [2.24, 2.45) is 4.99 Å². The van der Waals surface area contributed by atoms with Gasteiger partial charge in [0, 0.05) is 37.7 Å². The number of halogens is 4. The zero-order chi connectivity index (χ0) is 20.0. The minimum absolute atomic E-state index is 0.287. The normalized spacial score (nSPS) is 12.3. The maximum absolute atomic E-state index is 13.4. The topological polar surface area (TPSA) is 72.5 Å². The lowest BCUT2D eigenvalue weighted by Crippen LogP contribution is -2.45. The van der Waals surface area contributed by atoms with Crippen molar-refractivity contribution in [1.82, 2.24) is 20.5 Å². The Labute approximate surface area is 153 Å². The van der Waals surface area contributed by atoms with Crippen LogP contribution in [0.1, 0.15) is 5.56 Å². The Morgan fingerprint density at radius 2 is 2.04 bits per heavy atom. The standard InChI is InChI=1S/C17H21F4N5O/c1-22-16(25-9-15(27)26(2)10-17(19,20)21)23-6-5-11-8-24-14-4-3-12(18)7-13(11)14/h3-4,7-8,24H,5-6,9-10H2,1-2H3,(H2,22,23,25). The van der Waals surface area contributed by atoms with Crippen LogP contribution in [-0.4, -0.2) is 61.7 Å². The lowest BCUT2D eigenvalue weighted by atomic mass is 10.1. The molecular formula is C17H21F4N5O. The molecule has 2 aromatic rings. The summed E-state index contributed by atoms with van der Waals surface area (Å²) in [7, 11) is 2.57. The van der Waals surface area contributed by atoms with Gasteiger partial charge in [-0.3, -0.25) is 9.79 Å². The number of rotatable bonds is 6. The third-order valence-corrected chi connectivity index (χ3v) is 3.89. The molecule has 27 heavy (non-hydrogen) atoms. The number of H-pyrrole nitrogens is 1. The van der Waals surface area contributed by atoms with Crippen LogP contribution in [-0.2, 0) is 11.2 Å². The zero-order valence-electron chi connectivity index (χ0n) is 15.0. The Balaban J connectivity index is 1.81. The highest BCUT2D eigenvalue weighted by molar-refractivity contribution is 5.86. The maximum Gasteiger partial charge on any atom is 0.406 e. The minimum atomic E-state index is -4.44. The summed E-state index contributed by atoms with van der Waals surface area (Å²) in [5, 5.41) is 6.42. The molecule has 148 valence electrons. The molecule has 1 aromatic carbocycles. The van der Waals surface area contributed by atoms with Crippen molar-refractivity contribution in [3.8, 4) is 0 Å². The Bertz CT molecular complexity index is 815. The van der Waals surface area contributed by atoms with Gasteiger partial charge in [0.05, 0.1) is 6.54 Å². The number of nitrogens with one attached hydrogen (secondary N) is 3. The number of aliphatic imine (C=N–C) groups is 1. The summed E-state index contributed by atoms with van der Waals surface area (Å²) in [4.78, 5) is 19.3. The molecular weight excluding hydrogens is 366 g/mol. The number of carbonyl (C=O) groups is 1. The van der Waals surface area contributed by atoms with Crippen LogP contribution in [0.25, 0.3) is 10.9 Å². The molecule has 2 rings (SSSR count). The SMILES string of the molecule is CN=C(NCCc1c[nH]c2ccc(F)cc12)NCC(=O)N(C)CC(F)(F)F. The van der Waals surface area contributed by atoms with Crippen molar-refractivity contribution in [1.29, 1.82) is 0 Å². The predicted molar refractivity (Wildman–Crippen MR) is 95.0 cm³/mol. The van der Waals surface area contributed by atoms with Gasteiger partial charge in [-0.15, -0.1) is 0 Å². The number of hydrogen-bond acceptors (Lipinski definition) is 2. The number of alkyl halides is 3. The van der Waals surface area contributed by atoms with Gasteiger partial charge < -0.3 is 20.5 Å². The summed E-state index contributed by atoms with van der Waals surface area (Å²) < 4.78 is 50.3. The van der Waals surface area contributed by atoms with E-state index in [2.05, 4.69) is 20.6 Å². The molecule has 0 unspecified atom stereocenters. The summed E-state index contributed by atoms with van der Waals surface area (Å²) in [6.45, 7) is -1.18. The number of amides is 1. The van der Waals surface area contributed by atoms with Gasteiger partial charge in [-0.25, -0.2) is 4.39 Å². The van der Waals surface area contributed by atoms with Crippen molar-refractivity contribution in [2.45, 2.75) is 12.6 Å². The highest BCUT2D eigenvalue weighted by atomic mass is 19.4. The Kier molecular flexibility index (Phi) is 6.65. The molecule has 1 aromatic heterocycles. The molecule has 0 fully saturated rings. The van der Waals surface area contributed by atoms with Crippen LogP contribution >= 0.6 is 0 Å². The van der Waals surface area contributed by atoms with E-state index in [-0.39, 0.29) is 18.3 Å². The molecule has 1 amide bonds. The van der Waals surface area contributed by atoms with E-state index < -0.39 is 18.6 Å². The lowest BCUT2D eigenvalue weighted by molar-refractivity contribution is -0.157. The van der Waals surface area contributed by atoms with Crippen molar-refractivity contribution in [3.05, 3.63) is 35.8 Å². The smallest absolute Gasteiger partial charge is 0.361 e. The number of carbonyl (C=O) groups excluding carboxylic acids is 1. The fourth-order valence-electron chi connectivity index (χ4n) is 2.55. The average molecular weight is 387 g/mol. The second-order valence-corrected chi connectivity index (χ2v) is 5.97. The first-order chi connectivity index (χ1) is 12.7. The number of hydrogen-bond donors (Lipinski definition) is 3. The third-order valence-electron chi connectivity index (χ3n) is 3.89. The fraction of sp³-hybridized carbons (Fsp3) is 0.412. The van der Waals surface area contributed by atoms with E-state index in [9.17, 15) is 22.4 Å². The van der Waals surface area contributed by atoms with E-state index in [0.717, 1.165) is 23.5 Å². The summed E-state index contributed by atoms with van der Waals surface area (Å²) >= 11 is 0. The largest absolute Gasteiger partial charge is 0.406 e. The van der Waals surface area contributed by atoms with Crippen LogP contribution in [0.3, 0.4) is 0 Å². The number of guanidine groups is 1. The average Bonchev–Trinajstić information content (AvgIpc) is 2.98. The Morgan fingerprint density at radius 1 is 1.30 bits per heavy atom. The molecule has 0 saturated heterocycles. The maximum atomic E-state index is 13.4. The second kappa shape index (κ2) is 8.74. The quantitative estimate of drug-likeness (QED) is 0.404. The van der Waals surface area contributed by atoms with Gasteiger partial charge in [0.2, 0.25) is 5.91 Å². The van der Waals surface area contributed by atoms with E-state index in [4.69, 9.17) is 0 Å². The van der Waals surface area contributed by atoms with Crippen molar-refractivity contribution >= 4 is 22.8 Å². The van der Waals surface area contributed by atoms with E-state index in [1.54, 1.807) is 12.3 Å². The molecule has 0 aliphatic carbocycles. The van der Waals surface area contributed by atoms with E-state index in [1.807, 2.05) is 0 Å². The fourth-order valence-corrected chi connectivity index (χ4v) is 2.55. The van der Waals surface area contributed by atoms with E-state index in [1.165, 1.54) is 19.2 Å². The van der Waals surface area contributed by atoms with Gasteiger partial charge in [-0.2, -0.15) is 13.2 Å². The van der Waals surface area contributed by atoms with Crippen LogP contribution < -0.4 is 10.6 Å². The van der Waals surface area contributed by atoms with Gasteiger partial charge in [-0.1, -0.05) is 0 Å². The van der Waals surface area contributed by atoms with Crippen LogP contribution in [0.5, 0.6) is 0 Å². The number of likely N-dealkylation sites (N-methyl/N-ethyl adjacent to an activating group) is 1. The molecule has 3 N–H and O–H groups in total. The van der Waals surface area contributed by atoms with Crippen LogP contribution in [0.2, 0.25) is 0 Å². The van der Waals surface area contributed by atoms with Crippen molar-refractivity contribution in [2.75, 3.05) is 33.7 Å². The molecule has 0 radical (unpaired) electrons. The first-order valence-electron chi connectivity index (χ1n) is 8.20. The van der Waals surface area contributed by atoms with Crippen molar-refractivity contribution < 1.29 is 22.4 Å². The molecule has 1 heterocycles. The van der Waals surface area contributed by atoms with Crippen LogP contribution in [0.15, 0.2) is 29.4 Å². The minimum Gasteiger partial charge on any atom is -0.361 e. The molecule has 6 nitrogen and oxygen atoms in total. The first-order valence-corrected chi connectivity index (χ1v) is 8.20. The second-order valence-electron chi connectivity index (χ2n) is 5.97. The van der Waals surface area contributed by atoms with Crippen LogP contribution in [0, 0.1) is 5.82 Å². The van der Waals surface area contributed by atoms with Gasteiger partial charge >= 0.3 is 6.18 Å². The number of nitrogens with zero attached hydrogens (tertiary/aromatic N) is 2. The predicted octanol–water partition coefficient (Wildman–Crippen LogP) is 2.04. The van der Waals surface area contributed by atoms with E-state index >= 15 is 0 Å². The summed E-state index contributed by atoms with van der Waals surface area (Å²) in [6.07, 6.45) is -2.09. The summed E-state index contributed by atoms with van der Waals surface area (Å²) in [6, 6.07) is 4.48. The number of aromatic nitrogens is 1. The van der Waals surface area contributed by atoms with Crippen molar-refractivity contribution in [3.63, 3.8) is 0 Å². The molecule has 0 atom stereocenters. The molecule has 0 spiro atoms. The number of fused-ring (bicyclic) bond motifs is 1. The van der Waals surface area contributed by atoms with Gasteiger partial charge in [0.25, 0.3) is 0 Å². The highest BCUT2D eigenvalue weighted by Crippen LogP contribution is 2.19. The van der Waals surface area contributed by atoms with Crippen LogP contribution in [0.4, 0.5) is 17.6 Å². The number of aromatic amines is 1. The third kappa shape index (κ3) is 6.15. The van der Waals surface area contributed by atoms with Gasteiger partial charge in [0.15, 0.2) is 5.96 Å². The monoisotopic (exact) mass is 387 g/mol. The molecule has 10 heteroatoms. The van der Waals surface area contributed by atoms with Gasteiger partial charge in [-0.05, 0) is 30.2 Å². The zero-order valence-corrected chi connectivity index (χ0v) is 15.0. The molecule has 0 saturated carbocycles. The lowest BCUT2D eigenvalue weighted by Gasteiger charge is -2.20. The molecule has 0 aliphatic heterocycles. The van der Waals surface area contributed by atoms with Gasteiger partial charge in [0.1, 0.15) is 12.4 Å². The molecule has 0 bridgehead atoms.